The lowest BCUT2D eigenvalue weighted by Crippen LogP contribution is -2.07. The molecule has 0 saturated carbocycles. The van der Waals surface area contributed by atoms with E-state index in [1.54, 1.807) is 19.1 Å². The van der Waals surface area contributed by atoms with Crippen molar-refractivity contribution in [1.29, 1.82) is 0 Å². The lowest BCUT2D eigenvalue weighted by Gasteiger charge is -2.09. The van der Waals surface area contributed by atoms with E-state index in [0.717, 1.165) is 5.56 Å². The summed E-state index contributed by atoms with van der Waals surface area (Å²) < 4.78 is 33.2. The molecule has 0 aliphatic rings. The van der Waals surface area contributed by atoms with Crippen molar-refractivity contribution >= 4 is 10.1 Å². The highest BCUT2D eigenvalue weighted by molar-refractivity contribution is 7.86. The number of hydrogen-bond donors (Lipinski definition) is 0. The van der Waals surface area contributed by atoms with Crippen LogP contribution in [0.5, 0.6) is 5.75 Å². The van der Waals surface area contributed by atoms with Crippen molar-refractivity contribution in [2.24, 2.45) is 0 Å². The molecule has 0 amide bonds. The van der Waals surface area contributed by atoms with Crippen LogP contribution in [-0.4, -0.2) is 15.0 Å². The lowest BCUT2D eigenvalue weighted by atomic mass is 10.2. The van der Waals surface area contributed by atoms with Gasteiger partial charge in [0.15, 0.2) is 0 Å². The van der Waals surface area contributed by atoms with Crippen LogP contribution in [0.4, 0.5) is 0 Å². The first-order valence-corrected chi connectivity index (χ1v) is 6.19. The Hall–Kier alpha value is -1.33. The highest BCUT2D eigenvalue weighted by atomic mass is 32.2. The van der Waals surface area contributed by atoms with E-state index >= 15 is 0 Å². The molecule has 0 fully saturated rings. The van der Waals surface area contributed by atoms with E-state index in [1.807, 2.05) is 6.92 Å². The van der Waals surface area contributed by atoms with Crippen LogP contribution in [0.2, 0.25) is 0 Å². The van der Waals surface area contributed by atoms with Gasteiger partial charge in [-0.05, 0) is 31.5 Å². The van der Waals surface area contributed by atoms with Crippen molar-refractivity contribution in [2.75, 3.05) is 6.61 Å². The van der Waals surface area contributed by atoms with Gasteiger partial charge in [-0.15, -0.1) is 0 Å². The number of rotatable bonds is 5. The fraction of sp³-hybridized carbons (Fsp3) is 0.273. The average molecular weight is 242 g/mol. The molecule has 0 atom stereocenters. The molecule has 0 spiro atoms. The zero-order valence-electron chi connectivity index (χ0n) is 9.26. The number of benzene rings is 1. The molecule has 0 heterocycles. The molecule has 1 aromatic carbocycles. The van der Waals surface area contributed by atoms with E-state index in [0.29, 0.717) is 0 Å². The van der Waals surface area contributed by atoms with E-state index in [-0.39, 0.29) is 17.3 Å². The molecule has 16 heavy (non-hydrogen) atoms. The van der Waals surface area contributed by atoms with Crippen molar-refractivity contribution in [1.82, 2.24) is 0 Å². The maximum Gasteiger partial charge on any atom is 0.300 e. The SMILES string of the molecule is C=COc1cc(C)ccc1S(=O)(=O)OCC. The molecule has 88 valence electrons. The Balaban J connectivity index is 3.27. The summed E-state index contributed by atoms with van der Waals surface area (Å²) in [6.07, 6.45) is 1.18. The number of hydrogen-bond acceptors (Lipinski definition) is 4. The van der Waals surface area contributed by atoms with Crippen LogP contribution in [0.3, 0.4) is 0 Å². The second kappa shape index (κ2) is 5.14. The van der Waals surface area contributed by atoms with Crippen LogP contribution in [-0.2, 0) is 14.3 Å². The zero-order chi connectivity index (χ0) is 12.2. The summed E-state index contributed by atoms with van der Waals surface area (Å²) >= 11 is 0. The first-order chi connectivity index (χ1) is 7.51. The van der Waals surface area contributed by atoms with Crippen LogP contribution >= 0.6 is 0 Å². The third-order valence-corrected chi connectivity index (χ3v) is 3.27. The maximum absolute atomic E-state index is 11.7. The Morgan fingerprint density at radius 3 is 2.69 bits per heavy atom. The molecule has 0 aliphatic carbocycles. The molecular formula is C11H14O4S. The largest absolute Gasteiger partial charge is 0.464 e. The standard InChI is InChI=1S/C11H14O4S/c1-4-14-10-8-9(3)6-7-11(10)16(12,13)15-5-2/h4,6-8H,1,5H2,2-3H3. The summed E-state index contributed by atoms with van der Waals surface area (Å²) in [5.41, 5.74) is 0.896. The minimum atomic E-state index is -3.75. The van der Waals surface area contributed by atoms with E-state index < -0.39 is 10.1 Å². The summed E-state index contributed by atoms with van der Waals surface area (Å²) in [7, 11) is -3.75. The van der Waals surface area contributed by atoms with Gasteiger partial charge >= 0.3 is 10.1 Å². The Kier molecular flexibility index (Phi) is 4.09. The van der Waals surface area contributed by atoms with Gasteiger partial charge in [-0.3, -0.25) is 4.18 Å². The van der Waals surface area contributed by atoms with Gasteiger partial charge in [0, 0.05) is 0 Å². The van der Waals surface area contributed by atoms with Gasteiger partial charge in [0.05, 0.1) is 12.9 Å². The van der Waals surface area contributed by atoms with Gasteiger partial charge in [-0.1, -0.05) is 12.6 Å². The van der Waals surface area contributed by atoms with Gasteiger partial charge in [0.1, 0.15) is 10.6 Å². The quantitative estimate of drug-likeness (QED) is 0.587. The smallest absolute Gasteiger partial charge is 0.300 e. The van der Waals surface area contributed by atoms with Gasteiger partial charge in [-0.2, -0.15) is 8.42 Å². The monoisotopic (exact) mass is 242 g/mol. The van der Waals surface area contributed by atoms with Crippen molar-refractivity contribution in [3.8, 4) is 5.75 Å². The van der Waals surface area contributed by atoms with Crippen LogP contribution in [0.15, 0.2) is 35.9 Å². The highest BCUT2D eigenvalue weighted by Crippen LogP contribution is 2.26. The second-order valence-corrected chi connectivity index (χ2v) is 4.68. The molecule has 0 unspecified atom stereocenters. The van der Waals surface area contributed by atoms with E-state index in [4.69, 9.17) is 8.92 Å². The van der Waals surface area contributed by atoms with Gasteiger partial charge in [0.25, 0.3) is 0 Å². The first-order valence-electron chi connectivity index (χ1n) is 4.79. The minimum absolute atomic E-state index is 0.0138. The fourth-order valence-corrected chi connectivity index (χ4v) is 2.25. The van der Waals surface area contributed by atoms with Crippen molar-refractivity contribution in [3.05, 3.63) is 36.6 Å². The second-order valence-electron chi connectivity index (χ2n) is 3.10. The van der Waals surface area contributed by atoms with Gasteiger partial charge in [-0.25, -0.2) is 0 Å². The summed E-state index contributed by atoms with van der Waals surface area (Å²) in [6.45, 7) is 6.94. The molecule has 0 aromatic heterocycles. The molecule has 0 N–H and O–H groups in total. The molecule has 1 aromatic rings. The first kappa shape index (κ1) is 12.7. The maximum atomic E-state index is 11.7. The number of ether oxygens (including phenoxy) is 1. The Morgan fingerprint density at radius 1 is 1.44 bits per heavy atom. The molecule has 0 radical (unpaired) electrons. The van der Waals surface area contributed by atoms with Crippen LogP contribution in [0, 0.1) is 6.92 Å². The predicted molar refractivity (Wildman–Crippen MR) is 60.8 cm³/mol. The summed E-state index contributed by atoms with van der Waals surface area (Å²) in [5, 5.41) is 0. The van der Waals surface area contributed by atoms with Crippen LogP contribution in [0.1, 0.15) is 12.5 Å². The molecular weight excluding hydrogens is 228 g/mol. The Morgan fingerprint density at radius 2 is 2.12 bits per heavy atom. The molecule has 0 aliphatic heterocycles. The minimum Gasteiger partial charge on any atom is -0.464 e. The fourth-order valence-electron chi connectivity index (χ4n) is 1.22. The van der Waals surface area contributed by atoms with Gasteiger partial charge in [0.2, 0.25) is 0 Å². The van der Waals surface area contributed by atoms with Crippen LogP contribution in [0.25, 0.3) is 0 Å². The highest BCUT2D eigenvalue weighted by Gasteiger charge is 2.19. The molecule has 4 nitrogen and oxygen atoms in total. The summed E-state index contributed by atoms with van der Waals surface area (Å²) in [6, 6.07) is 4.76. The number of aryl methyl sites for hydroxylation is 1. The van der Waals surface area contributed by atoms with Crippen LogP contribution < -0.4 is 4.74 Å². The molecule has 0 saturated heterocycles. The predicted octanol–water partition coefficient (Wildman–Crippen LogP) is 2.24. The van der Waals surface area contributed by atoms with Gasteiger partial charge < -0.3 is 4.74 Å². The van der Waals surface area contributed by atoms with E-state index in [2.05, 4.69) is 6.58 Å². The topological polar surface area (TPSA) is 52.6 Å². The average Bonchev–Trinajstić information content (AvgIpc) is 2.17. The third kappa shape index (κ3) is 2.84. The van der Waals surface area contributed by atoms with Crippen molar-refractivity contribution < 1.29 is 17.3 Å². The summed E-state index contributed by atoms with van der Waals surface area (Å²) in [5.74, 6) is 0.225. The molecule has 1 rings (SSSR count). The molecule has 0 bridgehead atoms. The van der Waals surface area contributed by atoms with Crippen molar-refractivity contribution in [3.63, 3.8) is 0 Å². The summed E-state index contributed by atoms with van der Waals surface area (Å²) in [4.78, 5) is 0.0138. The third-order valence-electron chi connectivity index (χ3n) is 1.85. The van der Waals surface area contributed by atoms with Crippen molar-refractivity contribution in [2.45, 2.75) is 18.7 Å². The van der Waals surface area contributed by atoms with E-state index in [9.17, 15) is 8.42 Å². The van der Waals surface area contributed by atoms with E-state index in [1.165, 1.54) is 12.3 Å². The zero-order valence-corrected chi connectivity index (χ0v) is 10.1. The lowest BCUT2D eigenvalue weighted by molar-refractivity contribution is 0.335. The normalized spacial score (nSPS) is 11.1. The Bertz CT molecular complexity index is 477. The Labute approximate surface area is 95.6 Å². The molecule has 5 heteroatoms.